The highest BCUT2D eigenvalue weighted by Gasteiger charge is 2.39. The van der Waals surface area contributed by atoms with E-state index >= 15 is 0 Å². The van der Waals surface area contributed by atoms with Crippen molar-refractivity contribution >= 4 is 22.4 Å². The average molecular weight is 490 g/mol. The fourth-order valence-corrected chi connectivity index (χ4v) is 5.08. The quantitative estimate of drug-likeness (QED) is 0.255. The fourth-order valence-electron chi connectivity index (χ4n) is 4.64. The third-order valence-corrected chi connectivity index (χ3v) is 7.20. The average Bonchev–Trinajstić information content (AvgIpc) is 3.43. The first-order valence-electron chi connectivity index (χ1n) is 11.9. The molecule has 0 spiro atoms. The summed E-state index contributed by atoms with van der Waals surface area (Å²) < 4.78 is 0. The van der Waals surface area contributed by atoms with Crippen molar-refractivity contribution in [3.05, 3.63) is 126 Å². The zero-order valence-corrected chi connectivity index (χ0v) is 21.1. The Bertz CT molecular complexity index is 1410. The van der Waals surface area contributed by atoms with E-state index in [1.165, 1.54) is 22.5 Å². The first-order valence-corrected chi connectivity index (χ1v) is 12.8. The lowest BCUT2D eigenvalue weighted by Gasteiger charge is -2.33. The van der Waals surface area contributed by atoms with Crippen molar-refractivity contribution in [3.8, 4) is 22.3 Å². The first-order chi connectivity index (χ1) is 17.5. The van der Waals surface area contributed by atoms with Gasteiger partial charge in [-0.2, -0.15) is 0 Å². The molecule has 4 aromatic carbocycles. The van der Waals surface area contributed by atoms with E-state index in [1.807, 2.05) is 38.1 Å². The normalized spacial score (nSPS) is 12.2. The minimum absolute atomic E-state index is 0.0892. The summed E-state index contributed by atoms with van der Waals surface area (Å²) in [5, 5.41) is 11.3. The predicted octanol–water partition coefficient (Wildman–Crippen LogP) is 7.67. The van der Waals surface area contributed by atoms with Crippen molar-refractivity contribution in [1.29, 1.82) is 0 Å². The van der Waals surface area contributed by atoms with Crippen LogP contribution < -0.4 is 5.32 Å². The van der Waals surface area contributed by atoms with Crippen molar-refractivity contribution < 1.29 is 4.79 Å². The highest BCUT2D eigenvalue weighted by molar-refractivity contribution is 7.13. The van der Waals surface area contributed by atoms with Gasteiger partial charge in [-0.25, -0.2) is 0 Å². The van der Waals surface area contributed by atoms with Gasteiger partial charge in [0.05, 0.1) is 5.41 Å². The smallest absolute Gasteiger partial charge is 0.232 e. The number of anilines is 1. The summed E-state index contributed by atoms with van der Waals surface area (Å²) in [6, 6.07) is 37.8. The van der Waals surface area contributed by atoms with Crippen LogP contribution in [0.4, 0.5) is 5.13 Å². The van der Waals surface area contributed by atoms with Crippen LogP contribution in [0.5, 0.6) is 0 Å². The molecule has 5 aromatic rings. The van der Waals surface area contributed by atoms with E-state index in [2.05, 4.69) is 100 Å². The highest BCUT2D eigenvalue weighted by atomic mass is 32.1. The van der Waals surface area contributed by atoms with Crippen molar-refractivity contribution in [2.24, 2.45) is 5.41 Å². The number of hydrogen-bond donors (Lipinski definition) is 1. The van der Waals surface area contributed by atoms with Crippen LogP contribution in [0.1, 0.15) is 30.9 Å². The summed E-state index contributed by atoms with van der Waals surface area (Å²) in [7, 11) is 0. The Morgan fingerprint density at radius 1 is 0.694 bits per heavy atom. The number of benzene rings is 4. The Kier molecular flexibility index (Phi) is 6.74. The van der Waals surface area contributed by atoms with E-state index < -0.39 is 5.41 Å². The number of nitrogens with one attached hydrogen (secondary N) is 1. The van der Waals surface area contributed by atoms with E-state index in [4.69, 9.17) is 0 Å². The molecule has 5 heteroatoms. The molecular weight excluding hydrogens is 462 g/mol. The second-order valence-electron chi connectivity index (χ2n) is 9.33. The van der Waals surface area contributed by atoms with Crippen LogP contribution in [0.3, 0.4) is 0 Å². The zero-order chi connectivity index (χ0) is 25.0. The van der Waals surface area contributed by atoms with Crippen molar-refractivity contribution in [2.75, 3.05) is 5.32 Å². The van der Waals surface area contributed by atoms with Crippen LogP contribution >= 0.6 is 11.3 Å². The Morgan fingerprint density at radius 2 is 1.17 bits per heavy atom. The molecule has 1 atom stereocenters. The largest absolute Gasteiger partial charge is 0.300 e. The Morgan fingerprint density at radius 3 is 1.69 bits per heavy atom. The van der Waals surface area contributed by atoms with Gasteiger partial charge in [-0.1, -0.05) is 134 Å². The van der Waals surface area contributed by atoms with E-state index in [0.717, 1.165) is 22.3 Å². The second kappa shape index (κ2) is 10.3. The van der Waals surface area contributed by atoms with Gasteiger partial charge in [0.15, 0.2) is 0 Å². The van der Waals surface area contributed by atoms with Gasteiger partial charge in [0.1, 0.15) is 5.51 Å². The summed E-state index contributed by atoms with van der Waals surface area (Å²) in [5.41, 5.74) is 7.77. The molecule has 0 aliphatic heterocycles. The number of carbonyl (C=O) groups is 1. The number of hydrogen-bond acceptors (Lipinski definition) is 4. The van der Waals surface area contributed by atoms with Crippen molar-refractivity contribution in [2.45, 2.75) is 19.8 Å². The number of amides is 1. The molecule has 5 rings (SSSR count). The lowest BCUT2D eigenvalue weighted by Crippen LogP contribution is -2.37. The molecular formula is C31H27N3OS. The summed E-state index contributed by atoms with van der Waals surface area (Å²) in [5.74, 6) is -0.227. The third kappa shape index (κ3) is 4.97. The van der Waals surface area contributed by atoms with Gasteiger partial charge in [0.2, 0.25) is 11.0 Å². The van der Waals surface area contributed by atoms with Crippen molar-refractivity contribution in [3.63, 3.8) is 0 Å². The number of aromatic nitrogens is 2. The SMILES string of the molecule is CC(C)(C(=O)Nc1nncs1)C(c1ccccc1)c1ccc(-c2ccc(-c3ccccc3)cc2)cc1. The molecule has 0 radical (unpaired) electrons. The molecule has 178 valence electrons. The van der Waals surface area contributed by atoms with Gasteiger partial charge in [0, 0.05) is 5.92 Å². The first kappa shape index (κ1) is 23.6. The molecule has 1 unspecified atom stereocenters. The summed E-state index contributed by atoms with van der Waals surface area (Å²) in [4.78, 5) is 13.4. The van der Waals surface area contributed by atoms with E-state index in [0.29, 0.717) is 5.13 Å². The fraction of sp³-hybridized carbons (Fsp3) is 0.129. The molecule has 4 nitrogen and oxygen atoms in total. The van der Waals surface area contributed by atoms with Crippen molar-refractivity contribution in [1.82, 2.24) is 10.2 Å². The van der Waals surface area contributed by atoms with E-state index in [1.54, 1.807) is 5.51 Å². The zero-order valence-electron chi connectivity index (χ0n) is 20.3. The minimum atomic E-state index is -0.730. The third-order valence-electron chi connectivity index (χ3n) is 6.59. The lowest BCUT2D eigenvalue weighted by molar-refractivity contribution is -0.124. The molecule has 1 aromatic heterocycles. The molecule has 0 fully saturated rings. The van der Waals surface area contributed by atoms with Gasteiger partial charge in [0.25, 0.3) is 0 Å². The number of rotatable bonds is 7. The molecule has 0 aliphatic carbocycles. The maximum absolute atomic E-state index is 13.4. The van der Waals surface area contributed by atoms with Crippen LogP contribution in [0.2, 0.25) is 0 Å². The molecule has 0 saturated carbocycles. The highest BCUT2D eigenvalue weighted by Crippen LogP contribution is 2.42. The summed E-state index contributed by atoms with van der Waals surface area (Å²) in [6.45, 7) is 3.97. The summed E-state index contributed by atoms with van der Waals surface area (Å²) in [6.07, 6.45) is 0. The van der Waals surface area contributed by atoms with Crippen LogP contribution in [0.25, 0.3) is 22.3 Å². The number of carbonyl (C=O) groups excluding carboxylic acids is 1. The van der Waals surface area contributed by atoms with Crippen LogP contribution in [-0.2, 0) is 4.79 Å². The molecule has 0 aliphatic rings. The lowest BCUT2D eigenvalue weighted by atomic mass is 9.70. The Hall–Kier alpha value is -4.09. The van der Waals surface area contributed by atoms with Gasteiger partial charge in [-0.15, -0.1) is 10.2 Å². The minimum Gasteiger partial charge on any atom is -0.300 e. The van der Waals surface area contributed by atoms with Gasteiger partial charge in [-0.3, -0.25) is 4.79 Å². The molecule has 1 amide bonds. The van der Waals surface area contributed by atoms with Gasteiger partial charge >= 0.3 is 0 Å². The maximum Gasteiger partial charge on any atom is 0.232 e. The van der Waals surface area contributed by atoms with Crippen LogP contribution in [0, 0.1) is 5.41 Å². The molecule has 1 N–H and O–H groups in total. The Balaban J connectivity index is 1.44. The topological polar surface area (TPSA) is 54.9 Å². The summed E-state index contributed by atoms with van der Waals surface area (Å²) >= 11 is 1.32. The molecule has 0 bridgehead atoms. The maximum atomic E-state index is 13.4. The van der Waals surface area contributed by atoms with Crippen LogP contribution in [-0.4, -0.2) is 16.1 Å². The molecule has 0 saturated heterocycles. The van der Waals surface area contributed by atoms with E-state index in [9.17, 15) is 4.79 Å². The predicted molar refractivity (Wildman–Crippen MR) is 148 cm³/mol. The van der Waals surface area contributed by atoms with E-state index in [-0.39, 0.29) is 11.8 Å². The monoisotopic (exact) mass is 489 g/mol. The number of nitrogens with zero attached hydrogens (tertiary/aromatic N) is 2. The molecule has 1 heterocycles. The van der Waals surface area contributed by atoms with Gasteiger partial charge < -0.3 is 5.32 Å². The van der Waals surface area contributed by atoms with Crippen LogP contribution in [0.15, 0.2) is 115 Å². The second-order valence-corrected chi connectivity index (χ2v) is 10.2. The Labute approximate surface area is 215 Å². The standard InChI is InChI=1S/C31H27N3OS/c1-31(2,29(35)33-30-34-32-21-36-30)28(26-11-7-4-8-12-26)27-19-17-25(18-20-27)24-15-13-23(14-16-24)22-9-5-3-6-10-22/h3-21,28H,1-2H3,(H,33,34,35). The van der Waals surface area contributed by atoms with Gasteiger partial charge in [-0.05, 0) is 33.4 Å². The molecule has 36 heavy (non-hydrogen) atoms.